The first kappa shape index (κ1) is 22.7. The quantitative estimate of drug-likeness (QED) is 0.313. The van der Waals surface area contributed by atoms with Crippen molar-refractivity contribution < 1.29 is 9.47 Å². The summed E-state index contributed by atoms with van der Waals surface area (Å²) in [4.78, 5) is 10.3. The van der Waals surface area contributed by atoms with Gasteiger partial charge in [-0.25, -0.2) is 4.98 Å². The molecule has 0 unspecified atom stereocenters. The number of rotatable bonds is 8. The molecular weight excluding hydrogens is 434 g/mol. The monoisotopic (exact) mass is 461 g/mol. The number of nitrogens with zero attached hydrogens (tertiary/aromatic N) is 4. The molecule has 8 heteroatoms. The number of benzene rings is 2. The van der Waals surface area contributed by atoms with Crippen molar-refractivity contribution in [2.75, 3.05) is 4.72 Å². The van der Waals surface area contributed by atoms with Gasteiger partial charge in [0, 0.05) is 24.9 Å². The van der Waals surface area contributed by atoms with Crippen molar-refractivity contribution >= 4 is 17.9 Å². The zero-order valence-electron chi connectivity index (χ0n) is 19.4. The Kier molecular flexibility index (Phi) is 6.84. The summed E-state index contributed by atoms with van der Waals surface area (Å²) in [5.74, 6) is 2.14. The van der Waals surface area contributed by atoms with Crippen molar-refractivity contribution in [1.29, 1.82) is 0 Å². The van der Waals surface area contributed by atoms with Crippen LogP contribution in [0.1, 0.15) is 25.0 Å². The van der Waals surface area contributed by atoms with E-state index in [1.54, 1.807) is 10.9 Å². The number of hydrogen-bond acceptors (Lipinski definition) is 7. The van der Waals surface area contributed by atoms with Gasteiger partial charge in [0.25, 0.3) is 0 Å². The topological polar surface area (TPSA) is 74.1 Å². The molecule has 0 aliphatic carbocycles. The van der Waals surface area contributed by atoms with Crippen LogP contribution in [0.4, 0.5) is 5.95 Å². The second-order valence-electron chi connectivity index (χ2n) is 7.95. The highest BCUT2D eigenvalue weighted by molar-refractivity contribution is 8.00. The number of para-hydroxylation sites is 2. The molecule has 33 heavy (non-hydrogen) atoms. The van der Waals surface area contributed by atoms with Gasteiger partial charge in [0.1, 0.15) is 0 Å². The van der Waals surface area contributed by atoms with Crippen molar-refractivity contribution in [1.82, 2.24) is 19.7 Å². The van der Waals surface area contributed by atoms with Gasteiger partial charge >= 0.3 is 0 Å². The van der Waals surface area contributed by atoms with E-state index in [1.807, 2.05) is 63.5 Å². The fraction of sp³-hybridized carbons (Fsp3) is 0.240. The van der Waals surface area contributed by atoms with Crippen molar-refractivity contribution in [2.24, 2.45) is 7.05 Å². The summed E-state index contributed by atoms with van der Waals surface area (Å²) in [6, 6.07) is 15.7. The number of aromatic nitrogens is 4. The van der Waals surface area contributed by atoms with Gasteiger partial charge in [-0.1, -0.05) is 30.3 Å². The maximum Gasteiger partial charge on any atom is 0.237 e. The fourth-order valence-electron chi connectivity index (χ4n) is 3.42. The van der Waals surface area contributed by atoms with Crippen molar-refractivity contribution in [3.63, 3.8) is 0 Å². The van der Waals surface area contributed by atoms with Crippen LogP contribution in [0.25, 0.3) is 11.3 Å². The SMILES string of the molecule is Cc1cccc(C)c1-c1cc(Oc2ccccc2OC(C)C)nc(NSc2cnn(C)c2)n1. The summed E-state index contributed by atoms with van der Waals surface area (Å²) in [5, 5.41) is 4.20. The lowest BCUT2D eigenvalue weighted by Crippen LogP contribution is -2.07. The van der Waals surface area contributed by atoms with Crippen molar-refractivity contribution in [3.8, 4) is 28.6 Å². The van der Waals surface area contributed by atoms with Gasteiger partial charge in [-0.05, 0) is 62.9 Å². The first-order valence-electron chi connectivity index (χ1n) is 10.7. The van der Waals surface area contributed by atoms with Crippen molar-refractivity contribution in [2.45, 2.75) is 38.7 Å². The maximum absolute atomic E-state index is 6.21. The minimum Gasteiger partial charge on any atom is -0.487 e. The summed E-state index contributed by atoms with van der Waals surface area (Å²) < 4.78 is 17.1. The third-order valence-corrected chi connectivity index (χ3v) is 5.54. The molecule has 2 aromatic heterocycles. The van der Waals surface area contributed by atoms with Crippen LogP contribution in [-0.4, -0.2) is 25.9 Å². The van der Waals surface area contributed by atoms with Crippen LogP contribution >= 0.6 is 11.9 Å². The van der Waals surface area contributed by atoms with Crippen LogP contribution in [-0.2, 0) is 7.05 Å². The van der Waals surface area contributed by atoms with Crippen LogP contribution < -0.4 is 14.2 Å². The highest BCUT2D eigenvalue weighted by Gasteiger charge is 2.15. The lowest BCUT2D eigenvalue weighted by atomic mass is 10.00. The van der Waals surface area contributed by atoms with E-state index in [2.05, 4.69) is 40.8 Å². The van der Waals surface area contributed by atoms with Crippen LogP contribution in [0, 0.1) is 13.8 Å². The second-order valence-corrected chi connectivity index (χ2v) is 8.83. The predicted molar refractivity (Wildman–Crippen MR) is 132 cm³/mol. The van der Waals surface area contributed by atoms with Crippen molar-refractivity contribution in [3.05, 3.63) is 72.1 Å². The Labute approximate surface area is 198 Å². The maximum atomic E-state index is 6.21. The molecule has 0 radical (unpaired) electrons. The van der Waals surface area contributed by atoms with Gasteiger partial charge in [-0.2, -0.15) is 10.1 Å². The number of aryl methyl sites for hydroxylation is 3. The fourth-order valence-corrected chi connectivity index (χ4v) is 4.03. The summed E-state index contributed by atoms with van der Waals surface area (Å²) in [5.41, 5.74) is 4.11. The van der Waals surface area contributed by atoms with E-state index in [4.69, 9.17) is 14.5 Å². The average Bonchev–Trinajstić information content (AvgIpc) is 3.18. The van der Waals surface area contributed by atoms with E-state index in [9.17, 15) is 0 Å². The molecule has 170 valence electrons. The van der Waals surface area contributed by atoms with Crippen LogP contribution in [0.2, 0.25) is 0 Å². The Morgan fingerprint density at radius 2 is 1.70 bits per heavy atom. The molecule has 0 fully saturated rings. The summed E-state index contributed by atoms with van der Waals surface area (Å²) in [6.45, 7) is 8.12. The number of ether oxygens (including phenoxy) is 2. The molecule has 0 bridgehead atoms. The van der Waals surface area contributed by atoms with Gasteiger partial charge in [0.2, 0.25) is 11.8 Å². The standard InChI is InChI=1S/C25H27N5O2S/c1-16(2)31-21-11-6-7-12-22(21)32-23-13-20(24-17(3)9-8-10-18(24)4)27-25(28-23)29-33-19-14-26-30(5)15-19/h6-16H,1-5H3,(H,27,28,29). The van der Waals surface area contributed by atoms with E-state index in [-0.39, 0.29) is 6.10 Å². The number of nitrogens with one attached hydrogen (secondary N) is 1. The molecule has 4 rings (SSSR count). The predicted octanol–water partition coefficient (Wildman–Crippen LogP) is 6.19. The highest BCUT2D eigenvalue weighted by atomic mass is 32.2. The lowest BCUT2D eigenvalue weighted by Gasteiger charge is -2.16. The number of hydrogen-bond donors (Lipinski definition) is 1. The average molecular weight is 462 g/mol. The number of anilines is 1. The molecule has 0 aliphatic rings. The molecule has 2 aromatic carbocycles. The minimum absolute atomic E-state index is 0.0263. The summed E-state index contributed by atoms with van der Waals surface area (Å²) in [6.07, 6.45) is 3.73. The third kappa shape index (κ3) is 5.64. The highest BCUT2D eigenvalue weighted by Crippen LogP contribution is 2.35. The first-order valence-corrected chi connectivity index (χ1v) is 11.5. The Morgan fingerprint density at radius 3 is 2.36 bits per heavy atom. The normalized spacial score (nSPS) is 11.0. The van der Waals surface area contributed by atoms with E-state index >= 15 is 0 Å². The van der Waals surface area contributed by atoms with Crippen LogP contribution in [0.5, 0.6) is 17.4 Å². The van der Waals surface area contributed by atoms with E-state index in [0.717, 1.165) is 27.3 Å². The third-order valence-electron chi connectivity index (χ3n) is 4.81. The second kappa shape index (κ2) is 9.95. The smallest absolute Gasteiger partial charge is 0.237 e. The van der Waals surface area contributed by atoms with Gasteiger partial charge in [-0.15, -0.1) is 0 Å². The molecule has 0 aliphatic heterocycles. The van der Waals surface area contributed by atoms with Crippen LogP contribution in [0.15, 0.2) is 65.8 Å². The Hall–Kier alpha value is -3.52. The van der Waals surface area contributed by atoms with E-state index in [0.29, 0.717) is 23.3 Å². The van der Waals surface area contributed by atoms with Crippen LogP contribution in [0.3, 0.4) is 0 Å². The zero-order valence-corrected chi connectivity index (χ0v) is 20.2. The zero-order chi connectivity index (χ0) is 23.4. The van der Waals surface area contributed by atoms with Gasteiger partial charge in [0.05, 0.1) is 22.9 Å². The van der Waals surface area contributed by atoms with Gasteiger partial charge in [-0.3, -0.25) is 9.40 Å². The largest absolute Gasteiger partial charge is 0.487 e. The molecule has 1 N–H and O–H groups in total. The van der Waals surface area contributed by atoms with E-state index in [1.165, 1.54) is 11.9 Å². The molecule has 4 aromatic rings. The lowest BCUT2D eigenvalue weighted by molar-refractivity contribution is 0.233. The Morgan fingerprint density at radius 1 is 0.970 bits per heavy atom. The molecule has 7 nitrogen and oxygen atoms in total. The minimum atomic E-state index is 0.0263. The molecule has 0 spiro atoms. The van der Waals surface area contributed by atoms with E-state index < -0.39 is 0 Å². The first-order chi connectivity index (χ1) is 15.9. The molecule has 0 amide bonds. The molecule has 0 atom stereocenters. The Bertz CT molecular complexity index is 1240. The summed E-state index contributed by atoms with van der Waals surface area (Å²) >= 11 is 1.39. The molecule has 2 heterocycles. The molecule has 0 saturated heterocycles. The molecular formula is C25H27N5O2S. The summed E-state index contributed by atoms with van der Waals surface area (Å²) in [7, 11) is 1.88. The Balaban J connectivity index is 1.71. The van der Waals surface area contributed by atoms with Gasteiger partial charge in [0.15, 0.2) is 11.5 Å². The van der Waals surface area contributed by atoms with Gasteiger partial charge < -0.3 is 9.47 Å². The molecule has 0 saturated carbocycles.